The molecule has 0 bridgehead atoms. The zero-order valence-electron chi connectivity index (χ0n) is 25.9. The summed E-state index contributed by atoms with van der Waals surface area (Å²) in [5.74, 6) is 0.710. The molecule has 0 aliphatic rings. The second kappa shape index (κ2) is 15.5. The van der Waals surface area contributed by atoms with Gasteiger partial charge in [-0.05, 0) is 67.1 Å². The topological polar surface area (TPSA) is 132 Å². The number of benzene rings is 4. The van der Waals surface area contributed by atoms with Crippen molar-refractivity contribution in [1.29, 1.82) is 0 Å². The highest BCUT2D eigenvalue weighted by Crippen LogP contribution is 2.37. The van der Waals surface area contributed by atoms with Gasteiger partial charge < -0.3 is 29.9 Å². The molecule has 0 fully saturated rings. The van der Waals surface area contributed by atoms with E-state index in [0.29, 0.717) is 39.9 Å². The highest BCUT2D eigenvalue weighted by Gasteiger charge is 2.23. The van der Waals surface area contributed by atoms with E-state index in [9.17, 15) is 14.4 Å². The van der Waals surface area contributed by atoms with E-state index < -0.39 is 17.1 Å². The van der Waals surface area contributed by atoms with Crippen LogP contribution in [0.25, 0.3) is 6.08 Å². The Morgan fingerprint density at radius 2 is 1.53 bits per heavy atom. The molecule has 11 heteroatoms. The third-order valence-electron chi connectivity index (χ3n) is 6.86. The van der Waals surface area contributed by atoms with Crippen LogP contribution in [0.5, 0.6) is 11.5 Å². The molecule has 0 saturated heterocycles. The second-order valence-electron chi connectivity index (χ2n) is 10.2. The number of anilines is 2. The van der Waals surface area contributed by atoms with Crippen LogP contribution < -0.4 is 25.4 Å². The fourth-order valence-electron chi connectivity index (χ4n) is 4.50. The summed E-state index contributed by atoms with van der Waals surface area (Å²) >= 11 is 1.35. The number of hydrogen-bond acceptors (Lipinski definition) is 8. The van der Waals surface area contributed by atoms with Crippen molar-refractivity contribution in [3.8, 4) is 11.5 Å². The van der Waals surface area contributed by atoms with Crippen LogP contribution in [0, 0.1) is 6.92 Å². The minimum Gasteiger partial charge on any atom is -0.497 e. The van der Waals surface area contributed by atoms with Gasteiger partial charge in [0.2, 0.25) is 5.91 Å². The molecule has 3 N–H and O–H groups in total. The number of methoxy groups -OCH3 is 2. The lowest BCUT2D eigenvalue weighted by Gasteiger charge is -2.17. The number of rotatable bonds is 12. The van der Waals surface area contributed by atoms with Crippen molar-refractivity contribution in [2.24, 2.45) is 0 Å². The van der Waals surface area contributed by atoms with Gasteiger partial charge in [0.05, 0.1) is 14.2 Å². The fourth-order valence-corrected chi connectivity index (χ4v) is 5.53. The van der Waals surface area contributed by atoms with Gasteiger partial charge in [0.15, 0.2) is 5.82 Å². The Labute approximate surface area is 276 Å². The number of carbonyl (C=O) groups excluding carboxylic acids is 3. The first-order valence-corrected chi connectivity index (χ1v) is 15.4. The average molecular weight is 649 g/mol. The fraction of sp³-hybridized carbons (Fsp3) is 0.111. The lowest BCUT2D eigenvalue weighted by atomic mass is 10.1. The largest absolute Gasteiger partial charge is 0.497 e. The quantitative estimate of drug-likeness (QED) is 0.0986. The SMILES string of the molecule is COc1ccc(/C=C(\NC(=O)c2ccccc2)C(=O)Nc2ccc(SC(C(=O)Nc3cc(C)on3)c3ccccc3)cc2)c(OC)c1. The van der Waals surface area contributed by atoms with Gasteiger partial charge in [0, 0.05) is 33.8 Å². The van der Waals surface area contributed by atoms with Crippen molar-refractivity contribution < 1.29 is 28.4 Å². The lowest BCUT2D eigenvalue weighted by Crippen LogP contribution is -2.30. The van der Waals surface area contributed by atoms with Crippen LogP contribution in [-0.2, 0) is 9.59 Å². The summed E-state index contributed by atoms with van der Waals surface area (Å²) in [6.07, 6.45) is 1.54. The van der Waals surface area contributed by atoms with Gasteiger partial charge in [-0.25, -0.2) is 0 Å². The molecule has 1 atom stereocenters. The van der Waals surface area contributed by atoms with E-state index in [4.69, 9.17) is 14.0 Å². The number of nitrogens with zero attached hydrogens (tertiary/aromatic N) is 1. The predicted molar refractivity (Wildman–Crippen MR) is 181 cm³/mol. The summed E-state index contributed by atoms with van der Waals surface area (Å²) in [5, 5.41) is 11.7. The van der Waals surface area contributed by atoms with Gasteiger partial charge in [0.25, 0.3) is 11.8 Å². The number of thioether (sulfide) groups is 1. The molecule has 1 unspecified atom stereocenters. The monoisotopic (exact) mass is 648 g/mol. The number of nitrogens with one attached hydrogen (secondary N) is 3. The molecule has 1 heterocycles. The third-order valence-corrected chi connectivity index (χ3v) is 8.12. The minimum atomic E-state index is -0.587. The number of ether oxygens (including phenoxy) is 2. The molecule has 3 amide bonds. The predicted octanol–water partition coefficient (Wildman–Crippen LogP) is 6.88. The molecule has 1 aromatic heterocycles. The molecule has 0 saturated carbocycles. The van der Waals surface area contributed by atoms with E-state index >= 15 is 0 Å². The van der Waals surface area contributed by atoms with Gasteiger partial charge in [-0.1, -0.05) is 53.7 Å². The molecular formula is C36H32N4O6S. The summed E-state index contributed by atoms with van der Waals surface area (Å²) in [4.78, 5) is 40.8. The van der Waals surface area contributed by atoms with Crippen LogP contribution in [0.3, 0.4) is 0 Å². The van der Waals surface area contributed by atoms with Crippen molar-refractivity contribution >= 4 is 47.1 Å². The Morgan fingerprint density at radius 3 is 2.17 bits per heavy atom. The highest BCUT2D eigenvalue weighted by molar-refractivity contribution is 8.00. The number of aromatic nitrogens is 1. The molecule has 238 valence electrons. The third kappa shape index (κ3) is 8.68. The molecule has 0 spiro atoms. The first kappa shape index (κ1) is 32.6. The molecule has 0 radical (unpaired) electrons. The molecule has 5 aromatic rings. The minimum absolute atomic E-state index is 0.00433. The summed E-state index contributed by atoms with van der Waals surface area (Å²) in [6, 6.07) is 31.9. The van der Waals surface area contributed by atoms with E-state index in [2.05, 4.69) is 21.1 Å². The summed E-state index contributed by atoms with van der Waals surface area (Å²) in [5.41, 5.74) is 2.25. The molecule has 5 rings (SSSR count). The zero-order valence-corrected chi connectivity index (χ0v) is 26.7. The van der Waals surface area contributed by atoms with Crippen molar-refractivity contribution in [2.45, 2.75) is 17.1 Å². The number of hydrogen-bond donors (Lipinski definition) is 3. The van der Waals surface area contributed by atoms with Crippen LogP contribution >= 0.6 is 11.8 Å². The van der Waals surface area contributed by atoms with Crippen LogP contribution in [-0.4, -0.2) is 37.1 Å². The van der Waals surface area contributed by atoms with Crippen molar-refractivity contribution in [3.05, 3.63) is 137 Å². The molecule has 0 aliphatic heterocycles. The number of amides is 3. The number of aryl methyl sites for hydroxylation is 1. The Morgan fingerprint density at radius 1 is 0.830 bits per heavy atom. The molecule has 10 nitrogen and oxygen atoms in total. The van der Waals surface area contributed by atoms with Crippen LogP contribution in [0.2, 0.25) is 0 Å². The maximum atomic E-state index is 13.6. The van der Waals surface area contributed by atoms with Gasteiger partial charge in [-0.2, -0.15) is 0 Å². The van der Waals surface area contributed by atoms with Crippen molar-refractivity contribution in [2.75, 3.05) is 24.9 Å². The first-order valence-electron chi connectivity index (χ1n) is 14.5. The van der Waals surface area contributed by atoms with E-state index in [1.165, 1.54) is 24.9 Å². The lowest BCUT2D eigenvalue weighted by molar-refractivity contribution is -0.116. The summed E-state index contributed by atoms with van der Waals surface area (Å²) in [7, 11) is 3.05. The Balaban J connectivity index is 1.35. The second-order valence-corrected chi connectivity index (χ2v) is 11.4. The van der Waals surface area contributed by atoms with Gasteiger partial charge in [-0.3, -0.25) is 14.4 Å². The van der Waals surface area contributed by atoms with E-state index in [1.807, 2.05) is 42.5 Å². The molecule has 4 aromatic carbocycles. The highest BCUT2D eigenvalue weighted by atomic mass is 32.2. The van der Waals surface area contributed by atoms with Gasteiger partial charge >= 0.3 is 0 Å². The molecule has 0 aliphatic carbocycles. The Kier molecular flexibility index (Phi) is 10.7. The van der Waals surface area contributed by atoms with E-state index in [-0.39, 0.29) is 11.6 Å². The summed E-state index contributed by atoms with van der Waals surface area (Å²) in [6.45, 7) is 1.75. The van der Waals surface area contributed by atoms with Gasteiger partial charge in [-0.15, -0.1) is 11.8 Å². The zero-order chi connectivity index (χ0) is 33.2. The van der Waals surface area contributed by atoms with Crippen molar-refractivity contribution in [3.63, 3.8) is 0 Å². The van der Waals surface area contributed by atoms with Crippen LogP contribution in [0.4, 0.5) is 11.5 Å². The smallest absolute Gasteiger partial charge is 0.272 e. The molecular weight excluding hydrogens is 616 g/mol. The van der Waals surface area contributed by atoms with Gasteiger partial charge in [0.1, 0.15) is 28.2 Å². The maximum absolute atomic E-state index is 13.6. The van der Waals surface area contributed by atoms with E-state index in [1.54, 1.807) is 80.8 Å². The first-order chi connectivity index (χ1) is 22.8. The normalized spacial score (nSPS) is 11.7. The van der Waals surface area contributed by atoms with E-state index in [0.717, 1.165) is 10.5 Å². The standard InChI is InChI=1S/C36H32N4O6S/c1-23-20-32(40-46-23)39-36(43)33(24-10-6-4-7-11-24)47-29-18-15-27(16-19-29)37-35(42)30(38-34(41)25-12-8-5-9-13-25)21-26-14-17-28(44-2)22-31(26)45-3/h4-22,33H,1-3H3,(H,37,42)(H,38,41)(H,39,40,43)/b30-21-. The van der Waals surface area contributed by atoms with Crippen LogP contribution in [0.1, 0.15) is 32.5 Å². The van der Waals surface area contributed by atoms with Crippen molar-refractivity contribution in [1.82, 2.24) is 10.5 Å². The Hall–Kier alpha value is -5.81. The van der Waals surface area contributed by atoms with Crippen LogP contribution in [0.15, 0.2) is 124 Å². The summed E-state index contributed by atoms with van der Waals surface area (Å²) < 4.78 is 15.9. The average Bonchev–Trinajstić information content (AvgIpc) is 3.52. The molecule has 47 heavy (non-hydrogen) atoms. The number of carbonyl (C=O) groups is 3. The Bertz CT molecular complexity index is 1880. The maximum Gasteiger partial charge on any atom is 0.272 e.